The number of aromatic nitrogens is 3. The maximum absolute atomic E-state index is 14.4. The number of thiazole rings is 1. The molecule has 0 unspecified atom stereocenters. The highest BCUT2D eigenvalue weighted by Crippen LogP contribution is 2.42. The van der Waals surface area contributed by atoms with Crippen LogP contribution >= 0.6 is 11.3 Å². The SMILES string of the molecule is CCOc1c(CC(N)=O)cc([C@@](O)(CNC(=O)c2cnc3nc(N)sc3c2)C(F)(F)F)nc1-c1ccc(F)cc1. The van der Waals surface area contributed by atoms with Gasteiger partial charge in [-0.1, -0.05) is 11.3 Å². The first kappa shape index (κ1) is 28.6. The van der Waals surface area contributed by atoms with E-state index in [4.69, 9.17) is 16.2 Å². The molecule has 4 aromatic rings. The fraction of sp³-hybridized carbons (Fsp3) is 0.240. The largest absolute Gasteiger partial charge is 0.491 e. The summed E-state index contributed by atoms with van der Waals surface area (Å²) in [7, 11) is 0. The molecule has 15 heteroatoms. The summed E-state index contributed by atoms with van der Waals surface area (Å²) < 4.78 is 62.9. The summed E-state index contributed by atoms with van der Waals surface area (Å²) in [5, 5.41) is 13.3. The standard InChI is InChI=1S/C25H22F4N6O4S/c1-2-39-20-13(9-18(30)36)8-17(34-19(20)12-3-5-15(26)6-4-12)24(38,25(27,28)29)11-33-22(37)14-7-16-21(32-10-14)35-23(31)40-16/h3-8,10,38H,2,9,11H2,1H3,(H2,30,36)(H,33,37)(H2,31,32,35)/t24-/m0/s1. The average molecular weight is 579 g/mol. The lowest BCUT2D eigenvalue weighted by Crippen LogP contribution is -2.51. The van der Waals surface area contributed by atoms with Crippen LogP contribution in [0.25, 0.3) is 21.6 Å². The Kier molecular flexibility index (Phi) is 7.88. The fourth-order valence-corrected chi connectivity index (χ4v) is 4.57. The molecule has 0 fully saturated rings. The quantitative estimate of drug-likeness (QED) is 0.220. The Labute approximate surface area is 228 Å². The molecule has 0 radical (unpaired) electrons. The van der Waals surface area contributed by atoms with Gasteiger partial charge in [-0.05, 0) is 43.3 Å². The lowest BCUT2D eigenvalue weighted by Gasteiger charge is -2.31. The highest BCUT2D eigenvalue weighted by atomic mass is 32.1. The van der Waals surface area contributed by atoms with Crippen LogP contribution in [0.4, 0.5) is 22.7 Å². The number of amides is 2. The molecular weight excluding hydrogens is 556 g/mol. The zero-order chi connectivity index (χ0) is 29.2. The smallest absolute Gasteiger partial charge is 0.424 e. The van der Waals surface area contributed by atoms with Gasteiger partial charge < -0.3 is 26.6 Å². The van der Waals surface area contributed by atoms with Crippen LogP contribution < -0.4 is 21.5 Å². The number of ether oxygens (including phenoxy) is 1. The van der Waals surface area contributed by atoms with Crippen LogP contribution in [-0.2, 0) is 16.8 Å². The molecule has 0 aliphatic carbocycles. The first-order valence-corrected chi connectivity index (χ1v) is 12.4. The predicted octanol–water partition coefficient (Wildman–Crippen LogP) is 3.08. The van der Waals surface area contributed by atoms with E-state index in [2.05, 4.69) is 20.3 Å². The van der Waals surface area contributed by atoms with Gasteiger partial charge in [0.25, 0.3) is 5.91 Å². The number of hydrogen-bond acceptors (Lipinski definition) is 9. The Morgan fingerprint density at radius 3 is 2.48 bits per heavy atom. The number of carbonyl (C=O) groups excluding carboxylic acids is 2. The van der Waals surface area contributed by atoms with E-state index in [-0.39, 0.29) is 45.5 Å². The molecule has 0 aliphatic rings. The van der Waals surface area contributed by atoms with E-state index in [1.165, 1.54) is 18.2 Å². The molecule has 210 valence electrons. The van der Waals surface area contributed by atoms with Crippen molar-refractivity contribution in [2.24, 2.45) is 5.73 Å². The molecule has 0 bridgehead atoms. The lowest BCUT2D eigenvalue weighted by molar-refractivity contribution is -0.265. The third-order valence-corrected chi connectivity index (χ3v) is 6.56. The Morgan fingerprint density at radius 2 is 1.85 bits per heavy atom. The van der Waals surface area contributed by atoms with Crippen molar-refractivity contribution >= 4 is 38.6 Å². The number of primary amides is 1. The van der Waals surface area contributed by atoms with Gasteiger partial charge in [0.05, 0.1) is 35.5 Å². The molecule has 0 saturated carbocycles. The molecule has 4 rings (SSSR count). The van der Waals surface area contributed by atoms with Crippen molar-refractivity contribution in [2.45, 2.75) is 25.1 Å². The van der Waals surface area contributed by atoms with Crippen molar-refractivity contribution in [3.8, 4) is 17.0 Å². The van der Waals surface area contributed by atoms with Gasteiger partial charge in [-0.15, -0.1) is 0 Å². The molecule has 10 nitrogen and oxygen atoms in total. The van der Waals surface area contributed by atoms with Gasteiger partial charge in [0.2, 0.25) is 11.5 Å². The second-order valence-electron chi connectivity index (χ2n) is 8.57. The number of aliphatic hydroxyl groups is 1. The van der Waals surface area contributed by atoms with Crippen LogP contribution in [0.5, 0.6) is 5.75 Å². The Balaban J connectivity index is 1.79. The molecule has 2 amide bonds. The minimum Gasteiger partial charge on any atom is -0.491 e. The zero-order valence-electron chi connectivity index (χ0n) is 20.8. The number of fused-ring (bicyclic) bond motifs is 1. The van der Waals surface area contributed by atoms with E-state index < -0.39 is 48.1 Å². The average Bonchev–Trinajstić information content (AvgIpc) is 3.26. The van der Waals surface area contributed by atoms with Crippen LogP contribution in [0.2, 0.25) is 0 Å². The first-order chi connectivity index (χ1) is 18.8. The summed E-state index contributed by atoms with van der Waals surface area (Å²) in [6, 6.07) is 6.82. The van der Waals surface area contributed by atoms with E-state index in [0.29, 0.717) is 4.70 Å². The maximum atomic E-state index is 14.4. The molecule has 1 aromatic carbocycles. The Bertz CT molecular complexity index is 1580. The number of hydrogen-bond donors (Lipinski definition) is 4. The second kappa shape index (κ2) is 11.0. The number of anilines is 1. The monoisotopic (exact) mass is 578 g/mol. The minimum absolute atomic E-state index is 0.0460. The predicted molar refractivity (Wildman–Crippen MR) is 138 cm³/mol. The second-order valence-corrected chi connectivity index (χ2v) is 9.63. The summed E-state index contributed by atoms with van der Waals surface area (Å²) in [5.74, 6) is -2.53. The molecule has 0 saturated heterocycles. The Hall–Kier alpha value is -4.37. The number of halogens is 4. The number of nitrogens with one attached hydrogen (secondary N) is 1. The van der Waals surface area contributed by atoms with E-state index >= 15 is 0 Å². The lowest BCUT2D eigenvalue weighted by atomic mass is 9.93. The number of carbonyl (C=O) groups is 2. The molecule has 6 N–H and O–H groups in total. The maximum Gasteiger partial charge on any atom is 0.424 e. The molecule has 0 spiro atoms. The van der Waals surface area contributed by atoms with Crippen molar-refractivity contribution in [1.29, 1.82) is 0 Å². The van der Waals surface area contributed by atoms with E-state index in [0.717, 1.165) is 35.7 Å². The van der Waals surface area contributed by atoms with E-state index in [1.54, 1.807) is 6.92 Å². The minimum atomic E-state index is -5.35. The zero-order valence-corrected chi connectivity index (χ0v) is 21.6. The van der Waals surface area contributed by atoms with Gasteiger partial charge in [0, 0.05) is 17.3 Å². The molecular formula is C25H22F4N6O4S. The first-order valence-electron chi connectivity index (χ1n) is 11.6. The van der Waals surface area contributed by atoms with Crippen molar-refractivity contribution in [3.63, 3.8) is 0 Å². The Morgan fingerprint density at radius 1 is 1.15 bits per heavy atom. The van der Waals surface area contributed by atoms with Crippen molar-refractivity contribution in [2.75, 3.05) is 18.9 Å². The van der Waals surface area contributed by atoms with E-state index in [9.17, 15) is 32.3 Å². The van der Waals surface area contributed by atoms with Crippen LogP contribution in [-0.4, -0.2) is 51.2 Å². The molecule has 3 heterocycles. The summed E-state index contributed by atoms with van der Waals surface area (Å²) in [6.45, 7) is 0.299. The van der Waals surface area contributed by atoms with Crippen LogP contribution in [0, 0.1) is 5.82 Å². The number of nitrogen functional groups attached to an aromatic ring is 1. The highest BCUT2D eigenvalue weighted by molar-refractivity contribution is 7.22. The molecule has 3 aromatic heterocycles. The van der Waals surface area contributed by atoms with Crippen molar-refractivity contribution in [3.05, 3.63) is 65.2 Å². The van der Waals surface area contributed by atoms with Crippen LogP contribution in [0.3, 0.4) is 0 Å². The van der Waals surface area contributed by atoms with E-state index in [1.807, 2.05) is 0 Å². The van der Waals surface area contributed by atoms with Gasteiger partial charge in [-0.3, -0.25) is 9.59 Å². The summed E-state index contributed by atoms with van der Waals surface area (Å²) in [4.78, 5) is 36.5. The van der Waals surface area contributed by atoms with Crippen molar-refractivity contribution in [1.82, 2.24) is 20.3 Å². The molecule has 0 aliphatic heterocycles. The topological polar surface area (TPSA) is 166 Å². The van der Waals surface area contributed by atoms with Gasteiger partial charge in [-0.25, -0.2) is 19.3 Å². The third kappa shape index (κ3) is 5.79. The fourth-order valence-electron chi connectivity index (χ4n) is 3.83. The van der Waals surface area contributed by atoms with Gasteiger partial charge in [0.15, 0.2) is 10.8 Å². The van der Waals surface area contributed by atoms with Gasteiger partial charge in [0.1, 0.15) is 17.3 Å². The summed E-state index contributed by atoms with van der Waals surface area (Å²) in [6.07, 6.45) is -4.79. The highest BCUT2D eigenvalue weighted by Gasteiger charge is 2.56. The molecule has 1 atom stereocenters. The normalized spacial score (nSPS) is 13.2. The third-order valence-electron chi connectivity index (χ3n) is 5.74. The van der Waals surface area contributed by atoms with Crippen LogP contribution in [0.1, 0.15) is 28.5 Å². The van der Waals surface area contributed by atoms with Crippen molar-refractivity contribution < 1.29 is 37.0 Å². The number of pyridine rings is 2. The number of alkyl halides is 3. The van der Waals surface area contributed by atoms with Crippen LogP contribution in [0.15, 0.2) is 42.6 Å². The molecule has 40 heavy (non-hydrogen) atoms. The number of nitrogens with two attached hydrogens (primary N) is 2. The number of nitrogens with zero attached hydrogens (tertiary/aromatic N) is 3. The number of rotatable bonds is 9. The van der Waals surface area contributed by atoms with Gasteiger partial charge in [-0.2, -0.15) is 13.2 Å². The number of benzene rings is 1. The van der Waals surface area contributed by atoms with Gasteiger partial charge >= 0.3 is 6.18 Å². The summed E-state index contributed by atoms with van der Waals surface area (Å²) in [5.41, 5.74) is 6.31. The summed E-state index contributed by atoms with van der Waals surface area (Å²) >= 11 is 1.03.